The number of hydrogen-bond donors (Lipinski definition) is 1. The Bertz CT molecular complexity index is 66.8. The molecule has 0 heterocycles. The molecule has 1 nitrogen and oxygen atoms in total. The van der Waals surface area contributed by atoms with E-state index in [1.54, 1.807) is 0 Å². The van der Waals surface area contributed by atoms with E-state index in [0.29, 0.717) is 5.92 Å². The highest BCUT2D eigenvalue weighted by Crippen LogP contribution is 2.07. The van der Waals surface area contributed by atoms with Gasteiger partial charge in [-0.25, -0.2) is 0 Å². The second-order valence-electron chi connectivity index (χ2n) is 2.77. The summed E-state index contributed by atoms with van der Waals surface area (Å²) >= 11 is 0. The van der Waals surface area contributed by atoms with Gasteiger partial charge in [-0.1, -0.05) is 20.8 Å². The summed E-state index contributed by atoms with van der Waals surface area (Å²) in [5, 5.41) is 6.88. The van der Waals surface area contributed by atoms with Crippen LogP contribution >= 0.6 is 0 Å². The minimum absolute atomic E-state index is 0.468. The van der Waals surface area contributed by atoms with Crippen LogP contribution in [0.4, 0.5) is 0 Å². The van der Waals surface area contributed by atoms with E-state index in [4.69, 9.17) is 5.41 Å². The van der Waals surface area contributed by atoms with Crippen LogP contribution in [0, 0.1) is 17.2 Å². The van der Waals surface area contributed by atoms with E-state index in [1.165, 1.54) is 6.21 Å². The predicted molar refractivity (Wildman–Crippen MR) is 37.4 cm³/mol. The topological polar surface area (TPSA) is 23.9 Å². The Morgan fingerprint density at radius 3 is 2.00 bits per heavy atom. The Balaban J connectivity index is 3.23. The third-order valence-electron chi connectivity index (χ3n) is 1.13. The van der Waals surface area contributed by atoms with Crippen LogP contribution in [-0.4, -0.2) is 6.21 Å². The van der Waals surface area contributed by atoms with Gasteiger partial charge in [-0.3, -0.25) is 0 Å². The summed E-state index contributed by atoms with van der Waals surface area (Å²) in [5.74, 6) is 1.20. The summed E-state index contributed by atoms with van der Waals surface area (Å²) in [7, 11) is 0. The highest BCUT2D eigenvalue weighted by Gasteiger charge is 1.98. The van der Waals surface area contributed by atoms with Crippen molar-refractivity contribution in [2.75, 3.05) is 0 Å². The lowest BCUT2D eigenvalue weighted by atomic mass is 10.0. The molecule has 0 saturated carbocycles. The van der Waals surface area contributed by atoms with E-state index < -0.39 is 0 Å². The van der Waals surface area contributed by atoms with Crippen LogP contribution in [0.2, 0.25) is 0 Å². The molecule has 0 radical (unpaired) electrons. The average Bonchev–Trinajstić information content (AvgIpc) is 1.65. The maximum Gasteiger partial charge on any atom is -0.00194 e. The van der Waals surface area contributed by atoms with Gasteiger partial charge in [0.15, 0.2) is 0 Å². The van der Waals surface area contributed by atoms with Crippen molar-refractivity contribution in [1.29, 1.82) is 5.41 Å². The fraction of sp³-hybridized carbons (Fsp3) is 0.857. The fourth-order valence-electron chi connectivity index (χ4n) is 0.812. The van der Waals surface area contributed by atoms with Crippen molar-refractivity contribution < 1.29 is 0 Å². The predicted octanol–water partition coefficient (Wildman–Crippen LogP) is 2.32. The van der Waals surface area contributed by atoms with E-state index in [9.17, 15) is 0 Å². The Hall–Kier alpha value is -0.330. The number of rotatable bonds is 3. The normalized spacial score (nSPS) is 14.0. The molecule has 0 rings (SSSR count). The van der Waals surface area contributed by atoms with Gasteiger partial charge in [0.1, 0.15) is 0 Å². The molecule has 1 heteroatoms. The first-order valence-corrected chi connectivity index (χ1v) is 3.17. The third-order valence-corrected chi connectivity index (χ3v) is 1.13. The number of nitrogens with one attached hydrogen (secondary N) is 1. The quantitative estimate of drug-likeness (QED) is 0.543. The molecule has 0 aliphatic heterocycles. The maximum absolute atomic E-state index is 6.88. The van der Waals surface area contributed by atoms with Crippen LogP contribution in [0.15, 0.2) is 0 Å². The van der Waals surface area contributed by atoms with E-state index in [2.05, 4.69) is 20.8 Å². The first kappa shape index (κ1) is 7.67. The molecule has 0 bridgehead atoms. The van der Waals surface area contributed by atoms with Crippen LogP contribution in [0.5, 0.6) is 0 Å². The van der Waals surface area contributed by atoms with E-state index in [1.807, 2.05) is 0 Å². The minimum atomic E-state index is 0.468. The van der Waals surface area contributed by atoms with E-state index in [-0.39, 0.29) is 0 Å². The first-order valence-electron chi connectivity index (χ1n) is 3.17. The van der Waals surface area contributed by atoms with Gasteiger partial charge >= 0.3 is 0 Å². The monoisotopic (exact) mass is 113 g/mol. The molecule has 48 valence electrons. The molecule has 1 N–H and O–H groups in total. The molecule has 0 aromatic heterocycles. The molecule has 8 heavy (non-hydrogen) atoms. The van der Waals surface area contributed by atoms with Crippen LogP contribution < -0.4 is 0 Å². The Morgan fingerprint density at radius 2 is 1.88 bits per heavy atom. The summed E-state index contributed by atoms with van der Waals surface area (Å²) in [6.07, 6.45) is 2.66. The SMILES string of the molecule is CC(C)CC(C)C=N. The second kappa shape index (κ2) is 3.65. The molecule has 0 spiro atoms. The zero-order chi connectivity index (χ0) is 6.57. The highest BCUT2D eigenvalue weighted by atomic mass is 14.3. The van der Waals surface area contributed by atoms with Crippen LogP contribution in [0.1, 0.15) is 27.2 Å². The summed E-state index contributed by atoms with van der Waals surface area (Å²) in [6, 6.07) is 0. The second-order valence-corrected chi connectivity index (χ2v) is 2.77. The Morgan fingerprint density at radius 1 is 1.38 bits per heavy atom. The molecular formula is C7H15N. The van der Waals surface area contributed by atoms with Gasteiger partial charge in [0.2, 0.25) is 0 Å². The third kappa shape index (κ3) is 3.85. The standard InChI is InChI=1S/C7H15N/c1-6(2)4-7(3)5-8/h5-8H,4H2,1-3H3. The lowest BCUT2D eigenvalue weighted by molar-refractivity contribution is 0.526. The van der Waals surface area contributed by atoms with Gasteiger partial charge in [0.25, 0.3) is 0 Å². The zero-order valence-corrected chi connectivity index (χ0v) is 5.94. The lowest BCUT2D eigenvalue weighted by Gasteiger charge is -2.06. The minimum Gasteiger partial charge on any atom is -0.313 e. The van der Waals surface area contributed by atoms with Crippen molar-refractivity contribution in [3.63, 3.8) is 0 Å². The van der Waals surface area contributed by atoms with Gasteiger partial charge in [-0.05, 0) is 24.5 Å². The van der Waals surface area contributed by atoms with Crippen LogP contribution in [0.3, 0.4) is 0 Å². The number of hydrogen-bond acceptors (Lipinski definition) is 1. The van der Waals surface area contributed by atoms with Crippen molar-refractivity contribution in [3.05, 3.63) is 0 Å². The van der Waals surface area contributed by atoms with Crippen molar-refractivity contribution in [3.8, 4) is 0 Å². The van der Waals surface area contributed by atoms with E-state index in [0.717, 1.165) is 12.3 Å². The van der Waals surface area contributed by atoms with Crippen molar-refractivity contribution >= 4 is 6.21 Å². The molecule has 0 aliphatic carbocycles. The first-order chi connectivity index (χ1) is 3.66. The molecule has 0 saturated heterocycles. The Labute approximate surface area is 51.6 Å². The molecule has 0 fully saturated rings. The molecule has 0 aromatic carbocycles. The van der Waals surface area contributed by atoms with Crippen LogP contribution in [0.25, 0.3) is 0 Å². The lowest BCUT2D eigenvalue weighted by Crippen LogP contribution is -1.99. The fourth-order valence-corrected chi connectivity index (χ4v) is 0.812. The van der Waals surface area contributed by atoms with Gasteiger partial charge in [-0.2, -0.15) is 0 Å². The largest absolute Gasteiger partial charge is 0.313 e. The smallest absolute Gasteiger partial charge is 0.00194 e. The van der Waals surface area contributed by atoms with Gasteiger partial charge in [0, 0.05) is 0 Å². The zero-order valence-electron chi connectivity index (χ0n) is 5.94. The van der Waals surface area contributed by atoms with Gasteiger partial charge < -0.3 is 5.41 Å². The molecule has 0 aliphatic rings. The maximum atomic E-state index is 6.88. The summed E-state index contributed by atoms with van der Waals surface area (Å²) in [5.41, 5.74) is 0. The van der Waals surface area contributed by atoms with Crippen molar-refractivity contribution in [2.45, 2.75) is 27.2 Å². The van der Waals surface area contributed by atoms with Crippen molar-refractivity contribution in [2.24, 2.45) is 11.8 Å². The van der Waals surface area contributed by atoms with Gasteiger partial charge in [-0.15, -0.1) is 0 Å². The summed E-state index contributed by atoms with van der Waals surface area (Å²) < 4.78 is 0. The summed E-state index contributed by atoms with van der Waals surface area (Å²) in [6.45, 7) is 6.44. The molecular weight excluding hydrogens is 98.1 g/mol. The average molecular weight is 113 g/mol. The van der Waals surface area contributed by atoms with E-state index >= 15 is 0 Å². The van der Waals surface area contributed by atoms with Gasteiger partial charge in [0.05, 0.1) is 0 Å². The summed E-state index contributed by atoms with van der Waals surface area (Å²) in [4.78, 5) is 0. The molecule has 0 amide bonds. The molecule has 0 aromatic rings. The highest BCUT2D eigenvalue weighted by molar-refractivity contribution is 5.55. The molecule has 1 unspecified atom stereocenters. The van der Waals surface area contributed by atoms with Crippen LogP contribution in [-0.2, 0) is 0 Å². The molecule has 1 atom stereocenters. The van der Waals surface area contributed by atoms with Crippen molar-refractivity contribution in [1.82, 2.24) is 0 Å². The Kier molecular flexibility index (Phi) is 3.49.